The Morgan fingerprint density at radius 3 is 2.24 bits per heavy atom. The van der Waals surface area contributed by atoms with Crippen LogP contribution in [-0.2, 0) is 25.0 Å². The Bertz CT molecular complexity index is 1530. The molecule has 4 rings (SSSR count). The maximum absolute atomic E-state index is 13.6. The first-order valence-corrected chi connectivity index (χ1v) is 14.6. The Labute approximate surface area is 244 Å². The number of anilines is 2. The molecular weight excluding hydrogens is 564 g/mol. The number of carbonyl (C=O) groups is 2. The fraction of sp³-hybridized carbons (Fsp3) is 0.357. The number of ether oxygens (including phenoxy) is 3. The molecule has 3 N–H and O–H groups in total. The summed E-state index contributed by atoms with van der Waals surface area (Å²) in [4.78, 5) is 35.2. The van der Waals surface area contributed by atoms with E-state index in [1.54, 1.807) is 46.2 Å². The molecule has 2 aromatic carbocycles. The number of carbonyl (C=O) groups excluding carboxylic acids is 2. The first-order valence-electron chi connectivity index (χ1n) is 13.1. The molecule has 0 aliphatic carbocycles. The third-order valence-corrected chi connectivity index (χ3v) is 7.82. The Morgan fingerprint density at radius 1 is 1.02 bits per heavy atom. The quantitative estimate of drug-likeness (QED) is 0.313. The first kappa shape index (κ1) is 30.4. The highest BCUT2D eigenvalue weighted by Crippen LogP contribution is 2.41. The molecule has 1 fully saturated rings. The highest BCUT2D eigenvalue weighted by Gasteiger charge is 2.28. The molecular formula is C28H34N6O7S. The number of hydrogen-bond acceptors (Lipinski definition) is 10. The fourth-order valence-electron chi connectivity index (χ4n) is 4.12. The summed E-state index contributed by atoms with van der Waals surface area (Å²) in [5, 5.41) is 0. The molecule has 13 nitrogen and oxygen atoms in total. The summed E-state index contributed by atoms with van der Waals surface area (Å²) in [5.41, 5.74) is 6.12. The van der Waals surface area contributed by atoms with Gasteiger partial charge in [0.25, 0.3) is 21.8 Å². The summed E-state index contributed by atoms with van der Waals surface area (Å²) in [6.45, 7) is 7.10. The van der Waals surface area contributed by atoms with Gasteiger partial charge >= 0.3 is 0 Å². The van der Waals surface area contributed by atoms with Crippen molar-refractivity contribution in [3.63, 3.8) is 0 Å². The number of nitrogens with one attached hydrogen (secondary N) is 1. The molecule has 0 atom stereocenters. The molecule has 1 aliphatic heterocycles. The Balaban J connectivity index is 1.82. The van der Waals surface area contributed by atoms with E-state index in [1.807, 2.05) is 20.8 Å². The largest absolute Gasteiger partial charge is 0.493 e. The Kier molecular flexibility index (Phi) is 9.05. The van der Waals surface area contributed by atoms with Crippen LogP contribution >= 0.6 is 0 Å². The third kappa shape index (κ3) is 7.18. The molecule has 0 unspecified atom stereocenters. The topological polar surface area (TPSA) is 166 Å². The lowest BCUT2D eigenvalue weighted by atomic mass is 9.87. The molecule has 14 heteroatoms. The lowest BCUT2D eigenvalue weighted by Gasteiger charge is -2.33. The number of piperazine rings is 1. The molecule has 1 saturated heterocycles. The van der Waals surface area contributed by atoms with Gasteiger partial charge in [0.2, 0.25) is 18.1 Å². The maximum atomic E-state index is 13.6. The number of primary amides is 1. The van der Waals surface area contributed by atoms with Crippen LogP contribution < -0.4 is 29.6 Å². The summed E-state index contributed by atoms with van der Waals surface area (Å²) in [7, 11) is -2.73. The van der Waals surface area contributed by atoms with Crippen molar-refractivity contribution in [3.8, 4) is 23.1 Å². The third-order valence-electron chi connectivity index (χ3n) is 6.46. The highest BCUT2D eigenvalue weighted by molar-refractivity contribution is 7.92. The number of aromatic nitrogens is 2. The first-order chi connectivity index (χ1) is 19.9. The minimum atomic E-state index is -4.19. The van der Waals surface area contributed by atoms with Crippen LogP contribution in [0, 0.1) is 0 Å². The van der Waals surface area contributed by atoms with E-state index in [9.17, 15) is 18.0 Å². The van der Waals surface area contributed by atoms with E-state index in [-0.39, 0.29) is 39.5 Å². The summed E-state index contributed by atoms with van der Waals surface area (Å²) in [5.74, 6) is -0.765. The van der Waals surface area contributed by atoms with E-state index in [0.717, 1.165) is 12.0 Å². The van der Waals surface area contributed by atoms with Gasteiger partial charge in [0.15, 0.2) is 23.9 Å². The second-order valence-electron chi connectivity index (χ2n) is 10.5. The molecule has 1 aliphatic rings. The zero-order valence-electron chi connectivity index (χ0n) is 23.9. The number of nitrogens with zero attached hydrogens (tertiary/aromatic N) is 4. The van der Waals surface area contributed by atoms with Crippen molar-refractivity contribution in [3.05, 3.63) is 54.1 Å². The van der Waals surface area contributed by atoms with Crippen LogP contribution in [0.3, 0.4) is 0 Å². The van der Waals surface area contributed by atoms with Gasteiger partial charge < -0.3 is 29.7 Å². The molecule has 3 aromatic rings. The number of benzene rings is 2. The van der Waals surface area contributed by atoms with Gasteiger partial charge in [-0.3, -0.25) is 14.3 Å². The summed E-state index contributed by atoms with van der Waals surface area (Å²) >= 11 is 0. The monoisotopic (exact) mass is 598 g/mol. The van der Waals surface area contributed by atoms with Crippen LogP contribution in [0.2, 0.25) is 0 Å². The second kappa shape index (κ2) is 12.5. The average molecular weight is 599 g/mol. The van der Waals surface area contributed by atoms with E-state index < -0.39 is 22.5 Å². The average Bonchev–Trinajstić information content (AvgIpc) is 2.97. The SMILES string of the molecule is COc1ccccc1Oc1c(NS(=O)(=O)c2ccc(C(C)(C)C)cc2)nc(N2CCN(C=O)CC2)nc1OCC(N)=O. The number of methoxy groups -OCH3 is 1. The molecule has 0 spiro atoms. The van der Waals surface area contributed by atoms with Crippen molar-refractivity contribution in [1.82, 2.24) is 14.9 Å². The molecule has 42 heavy (non-hydrogen) atoms. The second-order valence-corrected chi connectivity index (χ2v) is 12.2. The zero-order valence-corrected chi connectivity index (χ0v) is 24.7. The molecule has 224 valence electrons. The van der Waals surface area contributed by atoms with Crippen molar-refractivity contribution in [2.75, 3.05) is 49.5 Å². The van der Waals surface area contributed by atoms with Crippen molar-refractivity contribution < 1.29 is 32.2 Å². The van der Waals surface area contributed by atoms with Crippen LogP contribution in [0.4, 0.5) is 11.8 Å². The van der Waals surface area contributed by atoms with Gasteiger partial charge in [-0.25, -0.2) is 8.42 Å². The van der Waals surface area contributed by atoms with Gasteiger partial charge in [-0.1, -0.05) is 45.0 Å². The minimum Gasteiger partial charge on any atom is -0.493 e. The van der Waals surface area contributed by atoms with E-state index >= 15 is 0 Å². The number of hydrogen-bond donors (Lipinski definition) is 2. The molecule has 1 aromatic heterocycles. The van der Waals surface area contributed by atoms with Crippen molar-refractivity contribution in [1.29, 1.82) is 0 Å². The van der Waals surface area contributed by atoms with Crippen LogP contribution in [0.15, 0.2) is 53.4 Å². The summed E-state index contributed by atoms with van der Waals surface area (Å²) in [6.07, 6.45) is 0.758. The number of rotatable bonds is 11. The van der Waals surface area contributed by atoms with Gasteiger partial charge in [0.1, 0.15) is 0 Å². The minimum absolute atomic E-state index is 0.00175. The van der Waals surface area contributed by atoms with Crippen molar-refractivity contribution >= 4 is 34.1 Å². The van der Waals surface area contributed by atoms with E-state index in [2.05, 4.69) is 14.7 Å². The predicted molar refractivity (Wildman–Crippen MR) is 156 cm³/mol. The number of nitrogens with two attached hydrogens (primary N) is 1. The standard InChI is InChI=1S/C28H34N6O7S/c1-28(2,3)19-9-11-20(12-10-19)42(37,38)32-25-24(41-22-8-6-5-7-21(22)39-4)26(40-17-23(29)36)31-27(30-25)34-15-13-33(18-35)14-16-34/h5-12,18H,13-17H2,1-4H3,(H2,29,36)(H,30,31,32). The summed E-state index contributed by atoms with van der Waals surface area (Å²) in [6, 6.07) is 13.2. The van der Waals surface area contributed by atoms with Crippen LogP contribution in [0.25, 0.3) is 0 Å². The lowest BCUT2D eigenvalue weighted by Crippen LogP contribution is -2.46. The highest BCUT2D eigenvalue weighted by atomic mass is 32.2. The van der Waals surface area contributed by atoms with Gasteiger partial charge in [-0.05, 0) is 35.2 Å². The van der Waals surface area contributed by atoms with Crippen molar-refractivity contribution in [2.24, 2.45) is 5.73 Å². The van der Waals surface area contributed by atoms with Crippen LogP contribution in [0.1, 0.15) is 26.3 Å². The van der Waals surface area contributed by atoms with E-state index in [4.69, 9.17) is 19.9 Å². The van der Waals surface area contributed by atoms with Gasteiger partial charge in [-0.2, -0.15) is 9.97 Å². The Morgan fingerprint density at radius 2 is 1.67 bits per heavy atom. The molecule has 2 amide bonds. The molecule has 0 radical (unpaired) electrons. The number of sulfonamides is 1. The lowest BCUT2D eigenvalue weighted by molar-refractivity contribution is -0.120. The van der Waals surface area contributed by atoms with Gasteiger partial charge in [0.05, 0.1) is 12.0 Å². The van der Waals surface area contributed by atoms with E-state index in [1.165, 1.54) is 19.2 Å². The molecule has 2 heterocycles. The van der Waals surface area contributed by atoms with E-state index in [0.29, 0.717) is 31.9 Å². The normalized spacial score (nSPS) is 13.8. The van der Waals surface area contributed by atoms with Gasteiger partial charge in [0, 0.05) is 26.2 Å². The fourth-order valence-corrected chi connectivity index (χ4v) is 5.12. The van der Waals surface area contributed by atoms with Crippen LogP contribution in [-0.4, -0.2) is 75.5 Å². The maximum Gasteiger partial charge on any atom is 0.265 e. The Hall–Kier alpha value is -4.59. The van der Waals surface area contributed by atoms with Crippen LogP contribution in [0.5, 0.6) is 23.1 Å². The molecule has 0 bridgehead atoms. The summed E-state index contributed by atoms with van der Waals surface area (Å²) < 4.78 is 46.8. The smallest absolute Gasteiger partial charge is 0.265 e. The zero-order chi connectivity index (χ0) is 30.5. The molecule has 0 saturated carbocycles. The predicted octanol–water partition coefficient (Wildman–Crippen LogP) is 2.52. The van der Waals surface area contributed by atoms with Gasteiger partial charge in [-0.15, -0.1) is 0 Å². The number of para-hydroxylation sites is 2. The number of amides is 2. The van der Waals surface area contributed by atoms with Crippen molar-refractivity contribution in [2.45, 2.75) is 31.1 Å².